The van der Waals surface area contributed by atoms with Gasteiger partial charge in [-0.15, -0.1) is 0 Å². The summed E-state index contributed by atoms with van der Waals surface area (Å²) in [7, 11) is 1.77. The van der Waals surface area contributed by atoms with Crippen LogP contribution in [-0.2, 0) is 18.3 Å². The van der Waals surface area contributed by atoms with Crippen molar-refractivity contribution >= 4 is 34.8 Å². The van der Waals surface area contributed by atoms with Gasteiger partial charge < -0.3 is 5.32 Å². The summed E-state index contributed by atoms with van der Waals surface area (Å²) in [5, 5.41) is 3.63. The van der Waals surface area contributed by atoms with Crippen molar-refractivity contribution in [2.75, 3.05) is 5.32 Å². The second kappa shape index (κ2) is 7.40. The maximum atomic E-state index is 12.8. The van der Waals surface area contributed by atoms with E-state index >= 15 is 0 Å². The molecule has 0 unspecified atom stereocenters. The van der Waals surface area contributed by atoms with E-state index in [9.17, 15) is 9.59 Å². The number of benzene rings is 2. The molecular formula is C19H17Cl2N3O2. The Morgan fingerprint density at radius 3 is 2.46 bits per heavy atom. The summed E-state index contributed by atoms with van der Waals surface area (Å²) in [4.78, 5) is 25.2. The lowest BCUT2D eigenvalue weighted by molar-refractivity contribution is -0.115. The number of nitrogens with zero attached hydrogens (tertiary/aromatic N) is 2. The first-order valence-electron chi connectivity index (χ1n) is 7.96. The standard InChI is InChI=1S/C19H17Cl2N3O2/c1-12-18(19(26)24(23(12)2)15-6-4-3-5-7-15)22-17(25)10-13-8-9-14(20)11-16(13)21/h3-9,11H,10H2,1-2H3,(H,22,25). The van der Waals surface area contributed by atoms with Crippen LogP contribution in [-0.4, -0.2) is 15.3 Å². The molecule has 0 aliphatic rings. The second-order valence-corrected chi connectivity index (χ2v) is 6.74. The Bertz CT molecular complexity index is 1020. The van der Waals surface area contributed by atoms with Crippen LogP contribution < -0.4 is 10.9 Å². The number of halogens is 2. The molecule has 7 heteroatoms. The number of rotatable bonds is 4. The fourth-order valence-corrected chi connectivity index (χ4v) is 3.21. The van der Waals surface area contributed by atoms with E-state index in [0.29, 0.717) is 21.3 Å². The van der Waals surface area contributed by atoms with Crippen LogP contribution in [0, 0.1) is 6.92 Å². The van der Waals surface area contributed by atoms with E-state index in [2.05, 4.69) is 5.32 Å². The lowest BCUT2D eigenvalue weighted by Crippen LogP contribution is -2.23. The minimum Gasteiger partial charge on any atom is -0.320 e. The zero-order valence-corrected chi connectivity index (χ0v) is 15.8. The highest BCUT2D eigenvalue weighted by Crippen LogP contribution is 2.22. The Hall–Kier alpha value is -2.50. The lowest BCUT2D eigenvalue weighted by atomic mass is 10.1. The van der Waals surface area contributed by atoms with Gasteiger partial charge in [0.25, 0.3) is 5.56 Å². The number of hydrogen-bond donors (Lipinski definition) is 1. The molecule has 1 aromatic heterocycles. The fourth-order valence-electron chi connectivity index (χ4n) is 2.73. The average Bonchev–Trinajstić information content (AvgIpc) is 2.82. The average molecular weight is 390 g/mol. The third kappa shape index (κ3) is 3.54. The minimum atomic E-state index is -0.319. The van der Waals surface area contributed by atoms with Crippen molar-refractivity contribution < 1.29 is 4.79 Å². The molecule has 1 heterocycles. The summed E-state index contributed by atoms with van der Waals surface area (Å²) < 4.78 is 3.22. The van der Waals surface area contributed by atoms with Crippen molar-refractivity contribution in [2.45, 2.75) is 13.3 Å². The quantitative estimate of drug-likeness (QED) is 0.733. The summed E-state index contributed by atoms with van der Waals surface area (Å²) in [6.07, 6.45) is 0.0507. The molecule has 2 aromatic carbocycles. The summed E-state index contributed by atoms with van der Waals surface area (Å²) in [5.41, 5.74) is 2.00. The number of anilines is 1. The Morgan fingerprint density at radius 1 is 1.12 bits per heavy atom. The lowest BCUT2D eigenvalue weighted by Gasteiger charge is -2.07. The number of carbonyl (C=O) groups excluding carboxylic acids is 1. The normalized spacial score (nSPS) is 10.8. The minimum absolute atomic E-state index is 0.0507. The van der Waals surface area contributed by atoms with E-state index in [0.717, 1.165) is 5.69 Å². The van der Waals surface area contributed by atoms with Crippen LogP contribution in [0.1, 0.15) is 11.3 Å². The highest BCUT2D eigenvalue weighted by Gasteiger charge is 2.18. The van der Waals surface area contributed by atoms with Crippen LogP contribution in [0.25, 0.3) is 5.69 Å². The summed E-state index contributed by atoms with van der Waals surface area (Å²) >= 11 is 12.0. The molecule has 3 rings (SSSR count). The van der Waals surface area contributed by atoms with E-state index in [1.807, 2.05) is 30.3 Å². The van der Waals surface area contributed by atoms with Crippen molar-refractivity contribution in [3.8, 4) is 5.69 Å². The summed E-state index contributed by atoms with van der Waals surface area (Å²) in [6.45, 7) is 1.78. The molecule has 5 nitrogen and oxygen atoms in total. The van der Waals surface area contributed by atoms with Crippen molar-refractivity contribution in [2.24, 2.45) is 7.05 Å². The zero-order valence-electron chi connectivity index (χ0n) is 14.3. The molecule has 0 atom stereocenters. The first-order chi connectivity index (χ1) is 12.4. The monoisotopic (exact) mass is 389 g/mol. The van der Waals surface area contributed by atoms with Crippen LogP contribution >= 0.6 is 23.2 Å². The van der Waals surface area contributed by atoms with Gasteiger partial charge in [-0.1, -0.05) is 47.5 Å². The SMILES string of the molecule is Cc1c(NC(=O)Cc2ccc(Cl)cc2Cl)c(=O)n(-c2ccccc2)n1C. The van der Waals surface area contributed by atoms with Gasteiger partial charge in [0.1, 0.15) is 5.69 Å². The first kappa shape index (κ1) is 18.3. The molecule has 134 valence electrons. The third-order valence-corrected chi connectivity index (χ3v) is 4.77. The number of hydrogen-bond acceptors (Lipinski definition) is 2. The molecule has 1 N–H and O–H groups in total. The van der Waals surface area contributed by atoms with Gasteiger partial charge in [-0.3, -0.25) is 14.3 Å². The molecule has 1 amide bonds. The number of carbonyl (C=O) groups is 1. The smallest absolute Gasteiger partial charge is 0.295 e. The highest BCUT2D eigenvalue weighted by atomic mass is 35.5. The third-order valence-electron chi connectivity index (χ3n) is 4.18. The Morgan fingerprint density at radius 2 is 1.81 bits per heavy atom. The second-order valence-electron chi connectivity index (χ2n) is 5.90. The van der Waals surface area contributed by atoms with Crippen molar-refractivity contribution in [3.05, 3.63) is 80.2 Å². The van der Waals surface area contributed by atoms with Gasteiger partial charge in [0, 0.05) is 17.1 Å². The van der Waals surface area contributed by atoms with Gasteiger partial charge in [0.05, 0.1) is 17.8 Å². The van der Waals surface area contributed by atoms with E-state index < -0.39 is 0 Å². The van der Waals surface area contributed by atoms with Gasteiger partial charge in [-0.05, 0) is 36.8 Å². The number of para-hydroxylation sites is 1. The summed E-state index contributed by atoms with van der Waals surface area (Å²) in [6, 6.07) is 14.2. The van der Waals surface area contributed by atoms with E-state index in [-0.39, 0.29) is 23.6 Å². The van der Waals surface area contributed by atoms with Crippen molar-refractivity contribution in [1.82, 2.24) is 9.36 Å². The van der Waals surface area contributed by atoms with E-state index in [1.165, 1.54) is 4.68 Å². The first-order valence-corrected chi connectivity index (χ1v) is 8.72. The molecule has 0 bridgehead atoms. The number of amides is 1. The van der Waals surface area contributed by atoms with Crippen LogP contribution in [0.4, 0.5) is 5.69 Å². The van der Waals surface area contributed by atoms with Crippen LogP contribution in [0.3, 0.4) is 0 Å². The van der Waals surface area contributed by atoms with Crippen LogP contribution in [0.2, 0.25) is 10.0 Å². The predicted octanol–water partition coefficient (Wildman–Crippen LogP) is 3.97. The topological polar surface area (TPSA) is 56.0 Å². The number of nitrogens with one attached hydrogen (secondary N) is 1. The van der Waals surface area contributed by atoms with Gasteiger partial charge in [-0.25, -0.2) is 4.68 Å². The Balaban J connectivity index is 1.88. The molecule has 0 aliphatic heterocycles. The molecule has 0 aliphatic carbocycles. The fraction of sp³-hybridized carbons (Fsp3) is 0.158. The Kier molecular flexibility index (Phi) is 5.20. The molecule has 3 aromatic rings. The highest BCUT2D eigenvalue weighted by molar-refractivity contribution is 6.35. The number of aromatic nitrogens is 2. The molecule has 0 radical (unpaired) electrons. The molecular weight excluding hydrogens is 373 g/mol. The maximum Gasteiger partial charge on any atom is 0.295 e. The van der Waals surface area contributed by atoms with Gasteiger partial charge in [-0.2, -0.15) is 0 Å². The molecule has 0 fully saturated rings. The van der Waals surface area contributed by atoms with Crippen molar-refractivity contribution in [3.63, 3.8) is 0 Å². The molecule has 26 heavy (non-hydrogen) atoms. The van der Waals surface area contributed by atoms with E-state index in [4.69, 9.17) is 23.2 Å². The maximum absolute atomic E-state index is 12.8. The van der Waals surface area contributed by atoms with Crippen LogP contribution in [0.15, 0.2) is 53.3 Å². The van der Waals surface area contributed by atoms with Gasteiger partial charge in [0.2, 0.25) is 5.91 Å². The van der Waals surface area contributed by atoms with Gasteiger partial charge >= 0.3 is 0 Å². The van der Waals surface area contributed by atoms with Crippen molar-refractivity contribution in [1.29, 1.82) is 0 Å². The molecule has 0 spiro atoms. The summed E-state index contributed by atoms with van der Waals surface area (Å²) in [5.74, 6) is -0.319. The van der Waals surface area contributed by atoms with Gasteiger partial charge in [0.15, 0.2) is 0 Å². The predicted molar refractivity (Wildman–Crippen MR) is 105 cm³/mol. The molecule has 0 saturated heterocycles. The van der Waals surface area contributed by atoms with E-state index in [1.54, 1.807) is 36.9 Å². The largest absolute Gasteiger partial charge is 0.320 e. The molecule has 0 saturated carbocycles. The Labute approximate surface area is 160 Å². The van der Waals surface area contributed by atoms with Crippen LogP contribution in [0.5, 0.6) is 0 Å². The zero-order chi connectivity index (χ0) is 18.8.